The first-order valence-electron chi connectivity index (χ1n) is 7.08. The highest BCUT2D eigenvalue weighted by Crippen LogP contribution is 2.48. The maximum absolute atomic E-state index is 5.20. The lowest BCUT2D eigenvalue weighted by molar-refractivity contribution is 0.171. The van der Waals surface area contributed by atoms with Crippen molar-refractivity contribution in [1.29, 1.82) is 0 Å². The van der Waals surface area contributed by atoms with Gasteiger partial charge in [0.25, 0.3) is 0 Å². The van der Waals surface area contributed by atoms with Crippen LogP contribution in [0.25, 0.3) is 10.9 Å². The highest BCUT2D eigenvalue weighted by Gasteiger charge is 2.41. The number of para-hydroxylation sites is 1. The third-order valence-corrected chi connectivity index (χ3v) is 4.28. The molecule has 3 nitrogen and oxygen atoms in total. The summed E-state index contributed by atoms with van der Waals surface area (Å²) in [5, 5.41) is 4.91. The average molecular weight is 258 g/mol. The fraction of sp³-hybridized carbons (Fsp3) is 0.500. The van der Waals surface area contributed by atoms with Crippen molar-refractivity contribution in [1.82, 2.24) is 10.3 Å². The second-order valence-corrected chi connectivity index (χ2v) is 5.71. The summed E-state index contributed by atoms with van der Waals surface area (Å²) in [6.45, 7) is 2.92. The number of fused-ring (bicyclic) bond motifs is 1. The summed E-state index contributed by atoms with van der Waals surface area (Å²) in [4.78, 5) is 3.33. The minimum absolute atomic E-state index is 0.514. The molecule has 1 aliphatic rings. The molecule has 19 heavy (non-hydrogen) atoms. The Kier molecular flexibility index (Phi) is 3.58. The first kappa shape index (κ1) is 12.7. The lowest BCUT2D eigenvalue weighted by Gasteiger charge is -2.15. The molecule has 1 aromatic heterocycles. The second kappa shape index (κ2) is 5.35. The van der Waals surface area contributed by atoms with E-state index in [-0.39, 0.29) is 0 Å². The monoisotopic (exact) mass is 258 g/mol. The topological polar surface area (TPSA) is 37.0 Å². The molecular weight excluding hydrogens is 236 g/mol. The van der Waals surface area contributed by atoms with Crippen LogP contribution in [0.4, 0.5) is 0 Å². The van der Waals surface area contributed by atoms with Crippen molar-refractivity contribution >= 4 is 10.9 Å². The number of H-pyrrole nitrogens is 1. The van der Waals surface area contributed by atoms with Crippen LogP contribution < -0.4 is 5.32 Å². The molecule has 2 N–H and O–H groups in total. The lowest BCUT2D eigenvalue weighted by atomic mass is 10.0. The third-order valence-electron chi connectivity index (χ3n) is 4.28. The van der Waals surface area contributed by atoms with E-state index in [9.17, 15) is 0 Å². The largest absolute Gasteiger partial charge is 0.385 e. The van der Waals surface area contributed by atoms with Crippen LogP contribution in [0.2, 0.25) is 0 Å². The van der Waals surface area contributed by atoms with Crippen molar-refractivity contribution in [3.8, 4) is 0 Å². The number of nitrogens with one attached hydrogen (secondary N) is 2. The van der Waals surface area contributed by atoms with Gasteiger partial charge in [-0.15, -0.1) is 0 Å². The first-order chi connectivity index (χ1) is 9.33. The van der Waals surface area contributed by atoms with E-state index < -0.39 is 0 Å². The Morgan fingerprint density at radius 3 is 3.00 bits per heavy atom. The Labute approximate surface area is 114 Å². The normalized spacial score (nSPS) is 16.9. The van der Waals surface area contributed by atoms with Crippen LogP contribution in [-0.2, 0) is 11.3 Å². The molecule has 0 amide bonds. The van der Waals surface area contributed by atoms with E-state index in [2.05, 4.69) is 34.6 Å². The summed E-state index contributed by atoms with van der Waals surface area (Å²) < 4.78 is 5.20. The van der Waals surface area contributed by atoms with E-state index in [4.69, 9.17) is 4.74 Å². The van der Waals surface area contributed by atoms with Crippen molar-refractivity contribution in [3.63, 3.8) is 0 Å². The molecule has 1 heterocycles. The SMILES string of the molecule is COCCC1(CNCc2cccc3cc[nH]c23)CC1. The molecule has 1 aromatic carbocycles. The number of rotatable bonds is 7. The number of ether oxygens (including phenoxy) is 1. The Bertz CT molecular complexity index is 542. The smallest absolute Gasteiger partial charge is 0.0499 e. The molecule has 3 rings (SSSR count). The van der Waals surface area contributed by atoms with Gasteiger partial charge in [-0.1, -0.05) is 18.2 Å². The van der Waals surface area contributed by atoms with Crippen LogP contribution in [0, 0.1) is 5.41 Å². The zero-order chi connectivity index (χ0) is 13.1. The van der Waals surface area contributed by atoms with E-state index in [1.807, 2.05) is 6.20 Å². The number of hydrogen-bond donors (Lipinski definition) is 2. The van der Waals surface area contributed by atoms with Crippen LogP contribution in [0.3, 0.4) is 0 Å². The summed E-state index contributed by atoms with van der Waals surface area (Å²) in [7, 11) is 1.79. The van der Waals surface area contributed by atoms with Gasteiger partial charge < -0.3 is 15.0 Å². The predicted octanol–water partition coefficient (Wildman–Crippen LogP) is 3.07. The van der Waals surface area contributed by atoms with Crippen molar-refractivity contribution in [3.05, 3.63) is 36.0 Å². The van der Waals surface area contributed by atoms with Gasteiger partial charge in [-0.05, 0) is 41.7 Å². The zero-order valence-electron chi connectivity index (χ0n) is 11.5. The number of benzene rings is 1. The maximum atomic E-state index is 5.20. The summed E-state index contributed by atoms with van der Waals surface area (Å²) in [6, 6.07) is 8.60. The maximum Gasteiger partial charge on any atom is 0.0499 e. The average Bonchev–Trinajstić information content (AvgIpc) is 3.02. The Morgan fingerprint density at radius 2 is 2.21 bits per heavy atom. The summed E-state index contributed by atoms with van der Waals surface area (Å²) in [5.41, 5.74) is 3.13. The molecule has 3 heteroatoms. The van der Waals surface area contributed by atoms with Crippen LogP contribution in [-0.4, -0.2) is 25.2 Å². The number of methoxy groups -OCH3 is 1. The van der Waals surface area contributed by atoms with Gasteiger partial charge in [0, 0.05) is 38.5 Å². The predicted molar refractivity (Wildman–Crippen MR) is 78.2 cm³/mol. The van der Waals surface area contributed by atoms with Crippen LogP contribution >= 0.6 is 0 Å². The molecule has 0 aliphatic heterocycles. The molecule has 1 fully saturated rings. The molecule has 0 unspecified atom stereocenters. The molecule has 102 valence electrons. The van der Waals surface area contributed by atoms with E-state index >= 15 is 0 Å². The molecule has 1 saturated carbocycles. The fourth-order valence-corrected chi connectivity index (χ4v) is 2.77. The summed E-state index contributed by atoms with van der Waals surface area (Å²) in [6.07, 6.45) is 5.88. The highest BCUT2D eigenvalue weighted by atomic mass is 16.5. The molecule has 0 spiro atoms. The van der Waals surface area contributed by atoms with Crippen molar-refractivity contribution in [2.24, 2.45) is 5.41 Å². The van der Waals surface area contributed by atoms with Crippen molar-refractivity contribution in [2.45, 2.75) is 25.8 Å². The zero-order valence-corrected chi connectivity index (χ0v) is 11.5. The Balaban J connectivity index is 1.56. The molecule has 0 radical (unpaired) electrons. The van der Waals surface area contributed by atoms with Gasteiger partial charge in [-0.3, -0.25) is 0 Å². The number of aromatic nitrogens is 1. The van der Waals surface area contributed by atoms with Crippen molar-refractivity contribution < 1.29 is 4.74 Å². The quantitative estimate of drug-likeness (QED) is 0.801. The minimum Gasteiger partial charge on any atom is -0.385 e. The summed E-state index contributed by atoms with van der Waals surface area (Å²) >= 11 is 0. The lowest BCUT2D eigenvalue weighted by Crippen LogP contribution is -2.24. The number of hydrogen-bond acceptors (Lipinski definition) is 2. The molecular formula is C16H22N2O. The Hall–Kier alpha value is -1.32. The molecule has 0 saturated heterocycles. The minimum atomic E-state index is 0.514. The van der Waals surface area contributed by atoms with Crippen LogP contribution in [0.15, 0.2) is 30.5 Å². The van der Waals surface area contributed by atoms with Gasteiger partial charge in [0.2, 0.25) is 0 Å². The first-order valence-corrected chi connectivity index (χ1v) is 7.08. The molecule has 0 atom stereocenters. The van der Waals surface area contributed by atoms with E-state index in [0.717, 1.165) is 19.7 Å². The van der Waals surface area contributed by atoms with Gasteiger partial charge in [-0.2, -0.15) is 0 Å². The Morgan fingerprint density at radius 1 is 1.32 bits per heavy atom. The van der Waals surface area contributed by atoms with Crippen LogP contribution in [0.1, 0.15) is 24.8 Å². The number of aromatic amines is 1. The molecule has 2 aromatic rings. The third kappa shape index (κ3) is 2.82. The van der Waals surface area contributed by atoms with E-state index in [1.54, 1.807) is 7.11 Å². The summed E-state index contributed by atoms with van der Waals surface area (Å²) in [5.74, 6) is 0. The van der Waals surface area contributed by atoms with Gasteiger partial charge in [0.05, 0.1) is 0 Å². The van der Waals surface area contributed by atoms with Gasteiger partial charge in [0.1, 0.15) is 0 Å². The molecule has 0 bridgehead atoms. The molecule has 1 aliphatic carbocycles. The van der Waals surface area contributed by atoms with Gasteiger partial charge in [-0.25, -0.2) is 0 Å². The van der Waals surface area contributed by atoms with Gasteiger partial charge >= 0.3 is 0 Å². The second-order valence-electron chi connectivity index (χ2n) is 5.71. The van der Waals surface area contributed by atoms with Gasteiger partial charge in [0.15, 0.2) is 0 Å². The van der Waals surface area contributed by atoms with E-state index in [1.165, 1.54) is 35.7 Å². The highest BCUT2D eigenvalue weighted by molar-refractivity contribution is 5.82. The van der Waals surface area contributed by atoms with Crippen LogP contribution in [0.5, 0.6) is 0 Å². The van der Waals surface area contributed by atoms with E-state index in [0.29, 0.717) is 5.41 Å². The fourth-order valence-electron chi connectivity index (χ4n) is 2.77. The van der Waals surface area contributed by atoms with Crippen molar-refractivity contribution in [2.75, 3.05) is 20.3 Å². The standard InChI is InChI=1S/C16H22N2O/c1-19-10-8-16(6-7-16)12-17-11-14-4-2-3-13-5-9-18-15(13)14/h2-5,9,17-18H,6-8,10-12H2,1H3.